The van der Waals surface area contributed by atoms with Gasteiger partial charge in [-0.1, -0.05) is 20.8 Å². The average Bonchev–Trinajstić information content (AvgIpc) is 2.34. The maximum atomic E-state index is 12.6. The summed E-state index contributed by atoms with van der Waals surface area (Å²) in [5.41, 5.74) is 6.83. The number of benzene rings is 1. The molecule has 19 heavy (non-hydrogen) atoms. The third-order valence-corrected chi connectivity index (χ3v) is 3.61. The standard InChI is InChI=1S/C15H24N2O2/c1-10(15(2,3)4)17(5)14(18)12-9-11(16)7-8-13(12)19-6/h7-10H,16H2,1-6H3. The van der Waals surface area contributed by atoms with E-state index in [0.29, 0.717) is 17.0 Å². The molecular formula is C15H24N2O2. The molecule has 0 aromatic heterocycles. The summed E-state index contributed by atoms with van der Waals surface area (Å²) in [5.74, 6) is 0.471. The molecule has 1 rings (SSSR count). The van der Waals surface area contributed by atoms with Crippen LogP contribution in [0.4, 0.5) is 5.69 Å². The average molecular weight is 264 g/mol. The van der Waals surface area contributed by atoms with Crippen molar-refractivity contribution in [3.8, 4) is 5.75 Å². The molecule has 0 aliphatic rings. The summed E-state index contributed by atoms with van der Waals surface area (Å²) in [6.07, 6.45) is 0. The molecule has 0 saturated heterocycles. The summed E-state index contributed by atoms with van der Waals surface area (Å²) < 4.78 is 5.23. The number of nitrogens with two attached hydrogens (primary N) is 1. The minimum absolute atomic E-state index is 0.0119. The zero-order valence-electron chi connectivity index (χ0n) is 12.7. The van der Waals surface area contributed by atoms with E-state index in [-0.39, 0.29) is 17.4 Å². The van der Waals surface area contributed by atoms with Crippen LogP contribution in [0.1, 0.15) is 38.1 Å². The van der Waals surface area contributed by atoms with Gasteiger partial charge in [-0.3, -0.25) is 4.79 Å². The van der Waals surface area contributed by atoms with Gasteiger partial charge in [-0.15, -0.1) is 0 Å². The lowest BCUT2D eigenvalue weighted by Crippen LogP contribution is -2.43. The van der Waals surface area contributed by atoms with Crippen LogP contribution < -0.4 is 10.5 Å². The number of methoxy groups -OCH3 is 1. The highest BCUT2D eigenvalue weighted by molar-refractivity contribution is 5.97. The zero-order chi connectivity index (χ0) is 14.8. The highest BCUT2D eigenvalue weighted by atomic mass is 16.5. The van der Waals surface area contributed by atoms with Crippen LogP contribution in [0.25, 0.3) is 0 Å². The van der Waals surface area contributed by atoms with Crippen LogP contribution in [-0.4, -0.2) is 31.0 Å². The third-order valence-electron chi connectivity index (χ3n) is 3.61. The quantitative estimate of drug-likeness (QED) is 0.854. The van der Waals surface area contributed by atoms with Gasteiger partial charge in [0.25, 0.3) is 5.91 Å². The first-order valence-electron chi connectivity index (χ1n) is 6.39. The Bertz CT molecular complexity index is 464. The van der Waals surface area contributed by atoms with Gasteiger partial charge in [-0.25, -0.2) is 0 Å². The van der Waals surface area contributed by atoms with E-state index in [2.05, 4.69) is 20.8 Å². The molecule has 0 fully saturated rings. The molecule has 4 nitrogen and oxygen atoms in total. The lowest BCUT2D eigenvalue weighted by molar-refractivity contribution is 0.0626. The molecule has 2 N–H and O–H groups in total. The Kier molecular flexibility index (Phi) is 4.45. The van der Waals surface area contributed by atoms with Crippen molar-refractivity contribution >= 4 is 11.6 Å². The minimum atomic E-state index is -0.0772. The number of rotatable bonds is 3. The van der Waals surface area contributed by atoms with Crippen LogP contribution in [0.3, 0.4) is 0 Å². The second-order valence-electron chi connectivity index (χ2n) is 5.92. The third kappa shape index (κ3) is 3.40. The Morgan fingerprint density at radius 1 is 1.37 bits per heavy atom. The molecule has 4 heteroatoms. The van der Waals surface area contributed by atoms with Crippen LogP contribution in [0.5, 0.6) is 5.75 Å². The van der Waals surface area contributed by atoms with Crippen molar-refractivity contribution < 1.29 is 9.53 Å². The van der Waals surface area contributed by atoms with Gasteiger partial charge >= 0.3 is 0 Å². The first-order chi connectivity index (χ1) is 8.68. The number of hydrogen-bond acceptors (Lipinski definition) is 3. The fourth-order valence-electron chi connectivity index (χ4n) is 1.84. The first-order valence-corrected chi connectivity index (χ1v) is 6.39. The smallest absolute Gasteiger partial charge is 0.257 e. The lowest BCUT2D eigenvalue weighted by Gasteiger charge is -2.35. The van der Waals surface area contributed by atoms with E-state index in [9.17, 15) is 4.79 Å². The van der Waals surface area contributed by atoms with Gasteiger partial charge in [0.2, 0.25) is 0 Å². The van der Waals surface area contributed by atoms with Gasteiger partial charge in [-0.2, -0.15) is 0 Å². The number of carbonyl (C=O) groups is 1. The molecule has 1 aromatic carbocycles. The maximum absolute atomic E-state index is 12.6. The monoisotopic (exact) mass is 264 g/mol. The van der Waals surface area contributed by atoms with Crippen LogP contribution in [0.15, 0.2) is 18.2 Å². The SMILES string of the molecule is COc1ccc(N)cc1C(=O)N(C)C(C)C(C)(C)C. The summed E-state index contributed by atoms with van der Waals surface area (Å²) in [4.78, 5) is 14.3. The number of nitrogen functional groups attached to an aromatic ring is 1. The summed E-state index contributed by atoms with van der Waals surface area (Å²) in [6.45, 7) is 8.37. The lowest BCUT2D eigenvalue weighted by atomic mass is 9.87. The molecule has 1 atom stereocenters. The molecule has 1 unspecified atom stereocenters. The van der Waals surface area contributed by atoms with E-state index in [1.165, 1.54) is 0 Å². The Hall–Kier alpha value is -1.71. The minimum Gasteiger partial charge on any atom is -0.496 e. The number of hydrogen-bond donors (Lipinski definition) is 1. The predicted molar refractivity (Wildman–Crippen MR) is 78.4 cm³/mol. The number of nitrogens with zero attached hydrogens (tertiary/aromatic N) is 1. The Morgan fingerprint density at radius 2 is 1.95 bits per heavy atom. The fourth-order valence-corrected chi connectivity index (χ4v) is 1.84. The van der Waals surface area contributed by atoms with Gasteiger partial charge in [-0.05, 0) is 30.5 Å². The predicted octanol–water partition coefficient (Wildman–Crippen LogP) is 2.78. The number of ether oxygens (including phenoxy) is 1. The van der Waals surface area contributed by atoms with Crippen LogP contribution in [0.2, 0.25) is 0 Å². The summed E-state index contributed by atoms with van der Waals surface area (Å²) in [5, 5.41) is 0. The second kappa shape index (κ2) is 5.51. The summed E-state index contributed by atoms with van der Waals surface area (Å²) in [7, 11) is 3.36. The van der Waals surface area contributed by atoms with Gasteiger partial charge < -0.3 is 15.4 Å². The van der Waals surface area contributed by atoms with Crippen LogP contribution in [-0.2, 0) is 0 Å². The largest absolute Gasteiger partial charge is 0.496 e. The highest BCUT2D eigenvalue weighted by Crippen LogP contribution is 2.27. The first kappa shape index (κ1) is 15.3. The van der Waals surface area contributed by atoms with Gasteiger partial charge in [0.15, 0.2) is 0 Å². The number of amides is 1. The molecule has 0 saturated carbocycles. The second-order valence-corrected chi connectivity index (χ2v) is 5.92. The van der Waals surface area contributed by atoms with E-state index in [0.717, 1.165) is 0 Å². The van der Waals surface area contributed by atoms with E-state index in [4.69, 9.17) is 10.5 Å². The molecule has 0 aliphatic carbocycles. The van der Waals surface area contributed by atoms with Crippen molar-refractivity contribution in [1.29, 1.82) is 0 Å². The van der Waals surface area contributed by atoms with Crippen molar-refractivity contribution in [2.45, 2.75) is 33.7 Å². The van der Waals surface area contributed by atoms with Crippen molar-refractivity contribution in [3.63, 3.8) is 0 Å². The molecule has 0 heterocycles. The van der Waals surface area contributed by atoms with Crippen LogP contribution >= 0.6 is 0 Å². The molecule has 0 bridgehead atoms. The number of carbonyl (C=O) groups excluding carboxylic acids is 1. The number of anilines is 1. The molecule has 106 valence electrons. The topological polar surface area (TPSA) is 55.6 Å². The molecule has 1 amide bonds. The molecule has 1 aromatic rings. The van der Waals surface area contributed by atoms with E-state index in [1.807, 2.05) is 6.92 Å². The van der Waals surface area contributed by atoms with Gasteiger partial charge in [0.1, 0.15) is 5.75 Å². The molecule has 0 aliphatic heterocycles. The molecule has 0 radical (unpaired) electrons. The normalized spacial score (nSPS) is 12.9. The Morgan fingerprint density at radius 3 is 2.42 bits per heavy atom. The van der Waals surface area contributed by atoms with Crippen molar-refractivity contribution in [2.75, 3.05) is 19.9 Å². The maximum Gasteiger partial charge on any atom is 0.257 e. The van der Waals surface area contributed by atoms with Crippen molar-refractivity contribution in [1.82, 2.24) is 4.90 Å². The Balaban J connectivity index is 3.10. The highest BCUT2D eigenvalue weighted by Gasteiger charge is 2.28. The summed E-state index contributed by atoms with van der Waals surface area (Å²) in [6, 6.07) is 5.21. The van der Waals surface area contributed by atoms with E-state index >= 15 is 0 Å². The zero-order valence-corrected chi connectivity index (χ0v) is 12.7. The molecule has 0 spiro atoms. The fraction of sp³-hybridized carbons (Fsp3) is 0.533. The van der Waals surface area contributed by atoms with Crippen LogP contribution in [0, 0.1) is 5.41 Å². The summed E-state index contributed by atoms with van der Waals surface area (Å²) >= 11 is 0. The van der Waals surface area contributed by atoms with Crippen molar-refractivity contribution in [3.05, 3.63) is 23.8 Å². The van der Waals surface area contributed by atoms with Gasteiger partial charge in [0.05, 0.1) is 12.7 Å². The van der Waals surface area contributed by atoms with Crippen molar-refractivity contribution in [2.24, 2.45) is 5.41 Å². The van der Waals surface area contributed by atoms with Gasteiger partial charge in [0, 0.05) is 18.8 Å². The van der Waals surface area contributed by atoms with E-state index < -0.39 is 0 Å². The molecular weight excluding hydrogens is 240 g/mol. The van der Waals surface area contributed by atoms with E-state index in [1.54, 1.807) is 37.3 Å². The Labute approximate surface area is 115 Å².